The number of hydrogen-bond acceptors (Lipinski definition) is 5. The molecule has 0 bridgehead atoms. The summed E-state index contributed by atoms with van der Waals surface area (Å²) < 4.78 is 33.6. The second-order valence-corrected chi connectivity index (χ2v) is 9.95. The van der Waals surface area contributed by atoms with Gasteiger partial charge in [-0.05, 0) is 42.0 Å². The van der Waals surface area contributed by atoms with Crippen LogP contribution in [0.2, 0.25) is 5.02 Å². The minimum atomic E-state index is -4.31. The number of likely N-dealkylation sites (N-methyl/N-ethyl adjacent to an activating group) is 1. The Morgan fingerprint density at radius 2 is 1.56 bits per heavy atom. The third-order valence-corrected chi connectivity index (χ3v) is 7.13. The van der Waals surface area contributed by atoms with Crippen molar-refractivity contribution in [1.29, 1.82) is 0 Å². The van der Waals surface area contributed by atoms with Crippen LogP contribution in [-0.2, 0) is 21.4 Å². The van der Waals surface area contributed by atoms with E-state index in [0.29, 0.717) is 11.4 Å². The fourth-order valence-electron chi connectivity index (χ4n) is 3.43. The molecule has 2 N–H and O–H groups in total. The second-order valence-electron chi connectivity index (χ2n) is 7.84. The summed E-state index contributed by atoms with van der Waals surface area (Å²) in [6.45, 7) is 0. The van der Waals surface area contributed by atoms with Crippen molar-refractivity contribution in [1.82, 2.24) is 10.0 Å². The molecule has 0 saturated heterocycles. The van der Waals surface area contributed by atoms with Gasteiger partial charge in [-0.25, -0.2) is 9.52 Å². The average Bonchev–Trinajstić information content (AvgIpc) is 2.87. The first kappa shape index (κ1) is 26.8. The van der Waals surface area contributed by atoms with E-state index >= 15 is 0 Å². The highest BCUT2D eigenvalue weighted by molar-refractivity contribution is 7.91. The third kappa shape index (κ3) is 6.67. The lowest BCUT2D eigenvalue weighted by atomic mass is 10.0. The molecular weight excluding hydrogens is 504 g/mol. The normalized spacial score (nSPS) is 11.8. The topological polar surface area (TPSA) is 108 Å². The van der Waals surface area contributed by atoms with Crippen molar-refractivity contribution in [2.45, 2.75) is 12.5 Å². The van der Waals surface area contributed by atoms with Crippen LogP contribution in [0, 0.1) is 0 Å². The van der Waals surface area contributed by atoms with Crippen molar-refractivity contribution in [3.63, 3.8) is 0 Å². The maximum atomic E-state index is 13.4. The monoisotopic (exact) mass is 530 g/mol. The van der Waals surface area contributed by atoms with Gasteiger partial charge in [-0.1, -0.05) is 54.1 Å². The fourth-order valence-corrected chi connectivity index (χ4v) is 4.59. The van der Waals surface area contributed by atoms with Gasteiger partial charge in [0.2, 0.25) is 5.91 Å². The number of amides is 3. The molecule has 3 aromatic carbocycles. The van der Waals surface area contributed by atoms with Crippen molar-refractivity contribution in [3.8, 4) is 5.75 Å². The fraction of sp³-hybridized carbons (Fsp3) is 0.200. The van der Waals surface area contributed by atoms with Gasteiger partial charge in [0.05, 0.1) is 17.8 Å². The first-order valence-electron chi connectivity index (χ1n) is 10.9. The van der Waals surface area contributed by atoms with Crippen LogP contribution in [0.1, 0.15) is 5.56 Å². The minimum absolute atomic E-state index is 0.147. The zero-order valence-electron chi connectivity index (χ0n) is 20.0. The second kappa shape index (κ2) is 11.8. The number of methoxy groups -OCH3 is 1. The number of anilines is 2. The molecule has 0 aliphatic heterocycles. The maximum Gasteiger partial charge on any atom is 0.330 e. The van der Waals surface area contributed by atoms with Crippen molar-refractivity contribution >= 4 is 45.1 Å². The number of ether oxygens (including phenoxy) is 1. The van der Waals surface area contributed by atoms with E-state index in [2.05, 4.69) is 5.32 Å². The maximum absolute atomic E-state index is 13.4. The van der Waals surface area contributed by atoms with Crippen LogP contribution in [0.5, 0.6) is 5.75 Å². The molecule has 1 atom stereocenters. The van der Waals surface area contributed by atoms with E-state index in [1.54, 1.807) is 50.6 Å². The summed E-state index contributed by atoms with van der Waals surface area (Å²) in [5.74, 6) is 0.196. The van der Waals surface area contributed by atoms with Crippen molar-refractivity contribution < 1.29 is 22.7 Å². The third-order valence-electron chi connectivity index (χ3n) is 5.45. The van der Waals surface area contributed by atoms with E-state index in [-0.39, 0.29) is 17.1 Å². The summed E-state index contributed by atoms with van der Waals surface area (Å²) in [6, 6.07) is 20.1. The molecule has 1 unspecified atom stereocenters. The Morgan fingerprint density at radius 1 is 0.944 bits per heavy atom. The van der Waals surface area contributed by atoms with Gasteiger partial charge in [0.15, 0.2) is 0 Å². The number of rotatable bonds is 9. The molecule has 0 saturated carbocycles. The van der Waals surface area contributed by atoms with Gasteiger partial charge in [0, 0.05) is 26.2 Å². The molecule has 0 fully saturated rings. The van der Waals surface area contributed by atoms with E-state index < -0.39 is 28.2 Å². The number of benzene rings is 3. The predicted octanol–water partition coefficient (Wildman–Crippen LogP) is 3.60. The molecule has 0 aromatic heterocycles. The van der Waals surface area contributed by atoms with Gasteiger partial charge >= 0.3 is 16.2 Å². The Hall–Kier alpha value is -3.76. The van der Waals surface area contributed by atoms with Crippen molar-refractivity contribution in [2.75, 3.05) is 30.4 Å². The standard InChI is InChI=1S/C25H27ClN4O5S/c1-29(19-13-15-20(35-3)16-14-19)24(31)22(17-18-9-5-4-6-10-18)27-25(32)28-36(33,34)30(2)23-12-8-7-11-21(23)26/h4-16,22H,17H2,1-3H3,(H2,27,28,32). The summed E-state index contributed by atoms with van der Waals surface area (Å²) in [7, 11) is 0.0677. The molecule has 3 rings (SSSR count). The summed E-state index contributed by atoms with van der Waals surface area (Å²) in [5.41, 5.74) is 1.55. The smallest absolute Gasteiger partial charge is 0.330 e. The van der Waals surface area contributed by atoms with E-state index in [0.717, 1.165) is 9.87 Å². The highest BCUT2D eigenvalue weighted by atomic mass is 35.5. The van der Waals surface area contributed by atoms with Crippen LogP contribution in [0.3, 0.4) is 0 Å². The Labute approximate surface area is 215 Å². The number of nitrogens with zero attached hydrogens (tertiary/aromatic N) is 2. The summed E-state index contributed by atoms with van der Waals surface area (Å²) >= 11 is 6.10. The van der Waals surface area contributed by atoms with Crippen LogP contribution >= 0.6 is 11.6 Å². The molecule has 0 heterocycles. The first-order valence-corrected chi connectivity index (χ1v) is 12.7. The van der Waals surface area contributed by atoms with Crippen LogP contribution in [-0.4, -0.2) is 47.6 Å². The number of halogens is 1. The van der Waals surface area contributed by atoms with Crippen LogP contribution in [0.15, 0.2) is 78.9 Å². The van der Waals surface area contributed by atoms with E-state index in [1.807, 2.05) is 35.1 Å². The lowest BCUT2D eigenvalue weighted by molar-refractivity contribution is -0.120. The van der Waals surface area contributed by atoms with Gasteiger partial charge < -0.3 is 15.0 Å². The lowest BCUT2D eigenvalue weighted by Gasteiger charge is -2.26. The van der Waals surface area contributed by atoms with Crippen molar-refractivity contribution in [2.24, 2.45) is 0 Å². The molecule has 0 aliphatic carbocycles. The van der Waals surface area contributed by atoms with Gasteiger partial charge in [0.25, 0.3) is 0 Å². The van der Waals surface area contributed by atoms with Crippen molar-refractivity contribution in [3.05, 3.63) is 89.4 Å². The minimum Gasteiger partial charge on any atom is -0.497 e. The molecule has 0 spiro atoms. The van der Waals surface area contributed by atoms with Crippen LogP contribution in [0.4, 0.5) is 16.2 Å². The Balaban J connectivity index is 1.79. The average molecular weight is 531 g/mol. The van der Waals surface area contributed by atoms with Gasteiger partial charge in [-0.15, -0.1) is 0 Å². The first-order chi connectivity index (χ1) is 17.1. The highest BCUT2D eigenvalue weighted by Gasteiger charge is 2.28. The largest absolute Gasteiger partial charge is 0.497 e. The molecule has 3 amide bonds. The number of carbonyl (C=O) groups is 2. The highest BCUT2D eigenvalue weighted by Crippen LogP contribution is 2.25. The molecule has 9 nitrogen and oxygen atoms in total. The predicted molar refractivity (Wildman–Crippen MR) is 141 cm³/mol. The number of nitrogens with one attached hydrogen (secondary N) is 2. The summed E-state index contributed by atoms with van der Waals surface area (Å²) in [5, 5.41) is 2.71. The summed E-state index contributed by atoms with van der Waals surface area (Å²) in [4.78, 5) is 27.5. The van der Waals surface area contributed by atoms with Gasteiger partial charge in [0.1, 0.15) is 11.8 Å². The van der Waals surface area contributed by atoms with Gasteiger partial charge in [-0.2, -0.15) is 8.42 Å². The Bertz CT molecular complexity index is 1300. The van der Waals surface area contributed by atoms with E-state index in [9.17, 15) is 18.0 Å². The number of urea groups is 1. The zero-order chi connectivity index (χ0) is 26.3. The van der Waals surface area contributed by atoms with E-state index in [1.165, 1.54) is 24.1 Å². The number of hydrogen-bond donors (Lipinski definition) is 2. The molecule has 0 aliphatic rings. The molecule has 36 heavy (non-hydrogen) atoms. The van der Waals surface area contributed by atoms with Crippen LogP contribution < -0.4 is 24.0 Å². The Morgan fingerprint density at radius 3 is 2.17 bits per heavy atom. The molecule has 190 valence electrons. The zero-order valence-corrected chi connectivity index (χ0v) is 21.6. The summed E-state index contributed by atoms with van der Waals surface area (Å²) in [6.07, 6.45) is 0.147. The van der Waals surface area contributed by atoms with Gasteiger partial charge in [-0.3, -0.25) is 9.10 Å². The molecule has 3 aromatic rings. The SMILES string of the molecule is COc1ccc(N(C)C(=O)C(Cc2ccccc2)NC(=O)NS(=O)(=O)N(C)c2ccccc2Cl)cc1. The number of carbonyl (C=O) groups excluding carboxylic acids is 2. The van der Waals surface area contributed by atoms with Crippen LogP contribution in [0.25, 0.3) is 0 Å². The number of para-hydroxylation sites is 1. The quantitative estimate of drug-likeness (QED) is 0.439. The molecule has 0 radical (unpaired) electrons. The molecular formula is C25H27ClN4O5S. The Kier molecular flexibility index (Phi) is 8.78. The lowest BCUT2D eigenvalue weighted by Crippen LogP contribution is -2.54. The van der Waals surface area contributed by atoms with E-state index in [4.69, 9.17) is 16.3 Å². The molecule has 11 heteroatoms.